The molecule has 1 aromatic carbocycles. The normalized spacial score (nSPS) is 16.4. The Hall–Kier alpha value is -3.40. The minimum absolute atomic E-state index is 0.164. The predicted molar refractivity (Wildman–Crippen MR) is 106 cm³/mol. The van der Waals surface area contributed by atoms with Gasteiger partial charge in [0.15, 0.2) is 11.5 Å². The molecule has 0 aliphatic carbocycles. The van der Waals surface area contributed by atoms with Gasteiger partial charge >= 0.3 is 0 Å². The molecule has 1 amide bonds. The van der Waals surface area contributed by atoms with Gasteiger partial charge in [0.05, 0.1) is 25.8 Å². The summed E-state index contributed by atoms with van der Waals surface area (Å²) in [5.74, 6) is 1.52. The van der Waals surface area contributed by atoms with Gasteiger partial charge < -0.3 is 14.8 Å². The van der Waals surface area contributed by atoms with Crippen LogP contribution < -0.4 is 20.1 Å². The number of anilines is 1. The summed E-state index contributed by atoms with van der Waals surface area (Å²) in [4.78, 5) is 16.9. The molecular weight excluding hydrogens is 374 g/mol. The number of hydrogen-bond donors (Lipinski definition) is 3. The molecule has 0 saturated carbocycles. The summed E-state index contributed by atoms with van der Waals surface area (Å²) >= 11 is 0. The Labute approximate surface area is 167 Å². The maximum Gasteiger partial charge on any atom is 0.278 e. The Morgan fingerprint density at radius 2 is 2.17 bits per heavy atom. The highest BCUT2D eigenvalue weighted by molar-refractivity contribution is 6.01. The highest BCUT2D eigenvalue weighted by atomic mass is 16.5. The number of piperidine rings is 1. The Balaban J connectivity index is 1.47. The Morgan fingerprint density at radius 3 is 2.93 bits per heavy atom. The van der Waals surface area contributed by atoms with Crippen molar-refractivity contribution in [2.45, 2.75) is 18.9 Å². The number of aromatic amines is 1. The van der Waals surface area contributed by atoms with E-state index in [-0.39, 0.29) is 17.9 Å². The van der Waals surface area contributed by atoms with Gasteiger partial charge in [0.1, 0.15) is 11.5 Å². The van der Waals surface area contributed by atoms with Crippen LogP contribution in [0.15, 0.2) is 30.5 Å². The van der Waals surface area contributed by atoms with E-state index >= 15 is 0 Å². The lowest BCUT2D eigenvalue weighted by atomic mass is 10.1. The SMILES string of the molecule is COc1ccc(-c2nc(NC(=O)c3ccn(C4CCCNC4)n3)n[nH]2)c(OC)c1. The zero-order chi connectivity index (χ0) is 20.2. The molecule has 1 fully saturated rings. The van der Waals surface area contributed by atoms with Gasteiger partial charge in [0, 0.05) is 18.8 Å². The first-order valence-corrected chi connectivity index (χ1v) is 9.40. The Bertz CT molecular complexity index is 991. The van der Waals surface area contributed by atoms with Crippen molar-refractivity contribution >= 4 is 11.9 Å². The molecule has 0 bridgehead atoms. The molecule has 3 heterocycles. The number of nitrogens with one attached hydrogen (secondary N) is 3. The number of rotatable bonds is 6. The molecule has 1 aliphatic rings. The van der Waals surface area contributed by atoms with Crippen LogP contribution in [0.25, 0.3) is 11.4 Å². The first-order valence-electron chi connectivity index (χ1n) is 9.40. The van der Waals surface area contributed by atoms with Gasteiger partial charge in [-0.05, 0) is 37.6 Å². The van der Waals surface area contributed by atoms with E-state index in [4.69, 9.17) is 9.47 Å². The topological polar surface area (TPSA) is 119 Å². The van der Waals surface area contributed by atoms with Crippen molar-refractivity contribution < 1.29 is 14.3 Å². The molecule has 3 N–H and O–H groups in total. The molecule has 2 aromatic heterocycles. The number of aromatic nitrogens is 5. The van der Waals surface area contributed by atoms with Crippen LogP contribution in [0.2, 0.25) is 0 Å². The van der Waals surface area contributed by atoms with Crippen LogP contribution in [0.5, 0.6) is 11.5 Å². The maximum absolute atomic E-state index is 12.5. The molecule has 0 spiro atoms. The fourth-order valence-electron chi connectivity index (χ4n) is 3.32. The highest BCUT2D eigenvalue weighted by Crippen LogP contribution is 2.31. The van der Waals surface area contributed by atoms with E-state index in [9.17, 15) is 4.79 Å². The van der Waals surface area contributed by atoms with Crippen LogP contribution in [-0.4, -0.2) is 58.2 Å². The molecule has 4 rings (SSSR count). The summed E-state index contributed by atoms with van der Waals surface area (Å²) in [5, 5.41) is 17.3. The lowest BCUT2D eigenvalue weighted by Crippen LogP contribution is -2.32. The summed E-state index contributed by atoms with van der Waals surface area (Å²) in [7, 11) is 3.15. The fraction of sp³-hybridized carbons (Fsp3) is 0.368. The van der Waals surface area contributed by atoms with E-state index in [1.807, 2.05) is 16.9 Å². The maximum atomic E-state index is 12.5. The van der Waals surface area contributed by atoms with Crippen molar-refractivity contribution in [1.29, 1.82) is 0 Å². The third-order valence-corrected chi connectivity index (χ3v) is 4.86. The molecule has 3 aromatic rings. The van der Waals surface area contributed by atoms with Crippen LogP contribution in [0.1, 0.15) is 29.4 Å². The van der Waals surface area contributed by atoms with E-state index < -0.39 is 0 Å². The third kappa shape index (κ3) is 4.06. The molecule has 1 atom stereocenters. The van der Waals surface area contributed by atoms with Gasteiger partial charge in [-0.1, -0.05) is 0 Å². The molecular formula is C19H23N7O3. The second kappa shape index (κ2) is 8.31. The second-order valence-electron chi connectivity index (χ2n) is 6.71. The molecule has 29 heavy (non-hydrogen) atoms. The van der Waals surface area contributed by atoms with Crippen molar-refractivity contribution in [3.8, 4) is 22.9 Å². The van der Waals surface area contributed by atoms with Crippen molar-refractivity contribution in [3.05, 3.63) is 36.2 Å². The molecule has 0 radical (unpaired) electrons. The monoisotopic (exact) mass is 397 g/mol. The largest absolute Gasteiger partial charge is 0.497 e. The van der Waals surface area contributed by atoms with E-state index in [0.29, 0.717) is 28.6 Å². The van der Waals surface area contributed by atoms with Crippen LogP contribution in [0, 0.1) is 0 Å². The summed E-state index contributed by atoms with van der Waals surface area (Å²) in [6.07, 6.45) is 3.97. The minimum Gasteiger partial charge on any atom is -0.497 e. The average Bonchev–Trinajstić information content (AvgIpc) is 3.44. The number of hydrogen-bond acceptors (Lipinski definition) is 7. The number of methoxy groups -OCH3 is 2. The lowest BCUT2D eigenvalue weighted by Gasteiger charge is -2.22. The molecule has 1 aliphatic heterocycles. The highest BCUT2D eigenvalue weighted by Gasteiger charge is 2.19. The molecule has 1 unspecified atom stereocenters. The van der Waals surface area contributed by atoms with Crippen molar-refractivity contribution in [1.82, 2.24) is 30.3 Å². The number of amides is 1. The summed E-state index contributed by atoms with van der Waals surface area (Å²) < 4.78 is 12.4. The Kier molecular flexibility index (Phi) is 5.43. The molecule has 1 saturated heterocycles. The van der Waals surface area contributed by atoms with Crippen LogP contribution in [-0.2, 0) is 0 Å². The molecule has 10 nitrogen and oxygen atoms in total. The number of carbonyl (C=O) groups is 1. The second-order valence-corrected chi connectivity index (χ2v) is 6.71. The third-order valence-electron chi connectivity index (χ3n) is 4.86. The lowest BCUT2D eigenvalue weighted by molar-refractivity contribution is 0.102. The zero-order valence-corrected chi connectivity index (χ0v) is 16.3. The predicted octanol–water partition coefficient (Wildman–Crippen LogP) is 1.86. The van der Waals surface area contributed by atoms with Crippen LogP contribution in [0.3, 0.4) is 0 Å². The molecule has 152 valence electrons. The number of carbonyl (C=O) groups excluding carboxylic acids is 1. The number of benzene rings is 1. The summed E-state index contributed by atoms with van der Waals surface area (Å²) in [6, 6.07) is 7.32. The van der Waals surface area contributed by atoms with Crippen molar-refractivity contribution in [2.75, 3.05) is 32.6 Å². The fourth-order valence-corrected chi connectivity index (χ4v) is 3.32. The van der Waals surface area contributed by atoms with E-state index in [1.165, 1.54) is 0 Å². The Morgan fingerprint density at radius 1 is 1.28 bits per heavy atom. The van der Waals surface area contributed by atoms with E-state index in [2.05, 4.69) is 30.9 Å². The van der Waals surface area contributed by atoms with E-state index in [1.54, 1.807) is 32.4 Å². The summed E-state index contributed by atoms with van der Waals surface area (Å²) in [6.45, 7) is 1.88. The van der Waals surface area contributed by atoms with Gasteiger partial charge in [-0.3, -0.25) is 19.9 Å². The van der Waals surface area contributed by atoms with Crippen LogP contribution in [0.4, 0.5) is 5.95 Å². The summed E-state index contributed by atoms with van der Waals surface area (Å²) in [5.41, 5.74) is 1.03. The zero-order valence-electron chi connectivity index (χ0n) is 16.3. The number of ether oxygens (including phenoxy) is 2. The van der Waals surface area contributed by atoms with Gasteiger partial charge in [-0.15, -0.1) is 5.10 Å². The van der Waals surface area contributed by atoms with Gasteiger partial charge in [-0.25, -0.2) is 0 Å². The molecule has 10 heteroatoms. The average molecular weight is 397 g/mol. The smallest absolute Gasteiger partial charge is 0.278 e. The van der Waals surface area contributed by atoms with Crippen molar-refractivity contribution in [2.24, 2.45) is 0 Å². The first-order chi connectivity index (χ1) is 14.2. The number of H-pyrrole nitrogens is 1. The van der Waals surface area contributed by atoms with Crippen LogP contribution >= 0.6 is 0 Å². The minimum atomic E-state index is -0.361. The van der Waals surface area contributed by atoms with Gasteiger partial charge in [0.2, 0.25) is 5.95 Å². The number of nitrogens with zero attached hydrogens (tertiary/aromatic N) is 4. The first kappa shape index (κ1) is 18.9. The van der Waals surface area contributed by atoms with Crippen molar-refractivity contribution in [3.63, 3.8) is 0 Å². The van der Waals surface area contributed by atoms with E-state index in [0.717, 1.165) is 25.9 Å². The standard InChI is InChI=1S/C19H23N7O3/c1-28-13-5-6-14(16(10-13)29-2)17-21-19(24-23-17)22-18(27)15-7-9-26(25-15)12-4-3-8-20-11-12/h5-7,9-10,12,20H,3-4,8,11H2,1-2H3,(H2,21,22,23,24,27). The quantitative estimate of drug-likeness (QED) is 0.581. The van der Waals surface area contributed by atoms with Gasteiger partial charge in [0.25, 0.3) is 5.91 Å². The van der Waals surface area contributed by atoms with Gasteiger partial charge in [-0.2, -0.15) is 10.1 Å².